The molecule has 2 nitrogen and oxygen atoms in total. The van der Waals surface area contributed by atoms with E-state index in [-0.39, 0.29) is 0 Å². The van der Waals surface area contributed by atoms with Crippen LogP contribution in [-0.2, 0) is 0 Å². The summed E-state index contributed by atoms with van der Waals surface area (Å²) in [7, 11) is 0. The highest BCUT2D eigenvalue weighted by Gasteiger charge is 2.22. The number of benzene rings is 10. The molecule has 0 N–H and O–H groups in total. The fraction of sp³-hybridized carbons (Fsp3) is 0. The second kappa shape index (κ2) is 15.1. The maximum atomic E-state index is 6.23. The Morgan fingerprint density at radius 2 is 0.783 bits per heavy atom. The molecule has 11 rings (SSSR count). The Kier molecular flexibility index (Phi) is 8.87. The van der Waals surface area contributed by atoms with Crippen LogP contribution >= 0.6 is 0 Å². The molecule has 0 saturated heterocycles. The summed E-state index contributed by atoms with van der Waals surface area (Å²) in [6, 6.07) is 85.0. The minimum absolute atomic E-state index is 0.913. The van der Waals surface area contributed by atoms with Crippen molar-refractivity contribution in [1.82, 2.24) is 0 Å². The van der Waals surface area contributed by atoms with E-state index in [2.05, 4.69) is 229 Å². The number of nitrogens with zero attached hydrogens (tertiary/aromatic N) is 1. The molecule has 0 aliphatic carbocycles. The van der Waals surface area contributed by atoms with E-state index in [0.717, 1.165) is 72.4 Å². The summed E-state index contributed by atoms with van der Waals surface area (Å²) in [4.78, 5) is 2.43. The third-order valence-electron chi connectivity index (χ3n) is 11.7. The van der Waals surface area contributed by atoms with Gasteiger partial charge in [0.1, 0.15) is 11.2 Å². The van der Waals surface area contributed by atoms with E-state index in [9.17, 15) is 0 Å². The van der Waals surface area contributed by atoms with E-state index in [1.807, 2.05) is 12.1 Å². The molecular formula is C58H39NO. The summed E-state index contributed by atoms with van der Waals surface area (Å²) in [6.45, 7) is 0. The second-order valence-corrected chi connectivity index (χ2v) is 15.3. The summed E-state index contributed by atoms with van der Waals surface area (Å²) < 4.78 is 6.23. The zero-order chi connectivity index (χ0) is 39.8. The van der Waals surface area contributed by atoms with Crippen LogP contribution in [0.5, 0.6) is 0 Å². The van der Waals surface area contributed by atoms with Gasteiger partial charge in [-0.2, -0.15) is 0 Å². The molecule has 1 heterocycles. The predicted octanol–water partition coefficient (Wildman–Crippen LogP) is 16.5. The smallest absolute Gasteiger partial charge is 0.136 e. The van der Waals surface area contributed by atoms with Crippen molar-refractivity contribution in [3.05, 3.63) is 237 Å². The van der Waals surface area contributed by atoms with Crippen molar-refractivity contribution in [1.29, 1.82) is 0 Å². The van der Waals surface area contributed by atoms with E-state index in [1.165, 1.54) is 33.0 Å². The molecule has 0 aliphatic rings. The van der Waals surface area contributed by atoms with Crippen molar-refractivity contribution in [3.8, 4) is 55.6 Å². The maximum absolute atomic E-state index is 6.23. The van der Waals surface area contributed by atoms with Gasteiger partial charge < -0.3 is 9.32 Å². The first-order chi connectivity index (χ1) is 29.7. The summed E-state index contributed by atoms with van der Waals surface area (Å²) in [6.07, 6.45) is 0. The van der Waals surface area contributed by atoms with Crippen LogP contribution in [0.15, 0.2) is 241 Å². The normalized spacial score (nSPS) is 11.3. The zero-order valence-electron chi connectivity index (χ0n) is 32.9. The first-order valence-corrected chi connectivity index (χ1v) is 20.5. The van der Waals surface area contributed by atoms with Crippen molar-refractivity contribution < 1.29 is 4.42 Å². The van der Waals surface area contributed by atoms with Gasteiger partial charge in [-0.25, -0.2) is 0 Å². The number of hydrogen-bond acceptors (Lipinski definition) is 2. The topological polar surface area (TPSA) is 16.4 Å². The molecule has 0 fully saturated rings. The summed E-state index contributed by atoms with van der Waals surface area (Å²) >= 11 is 0. The first kappa shape index (κ1) is 35.2. The van der Waals surface area contributed by atoms with Gasteiger partial charge in [0.25, 0.3) is 0 Å². The summed E-state index contributed by atoms with van der Waals surface area (Å²) in [5, 5.41) is 4.69. The van der Waals surface area contributed by atoms with Crippen LogP contribution in [0.2, 0.25) is 0 Å². The molecule has 10 aromatic carbocycles. The fourth-order valence-electron chi connectivity index (χ4n) is 8.72. The Hall–Kier alpha value is -7.94. The molecule has 1 aromatic heterocycles. The van der Waals surface area contributed by atoms with Crippen molar-refractivity contribution in [2.45, 2.75) is 0 Å². The van der Waals surface area contributed by atoms with Crippen LogP contribution in [0.1, 0.15) is 0 Å². The number of hydrogen-bond donors (Lipinski definition) is 0. The van der Waals surface area contributed by atoms with E-state index < -0.39 is 0 Å². The average molecular weight is 766 g/mol. The average Bonchev–Trinajstić information content (AvgIpc) is 3.72. The summed E-state index contributed by atoms with van der Waals surface area (Å²) in [5.41, 5.74) is 16.8. The largest absolute Gasteiger partial charge is 0.456 e. The number of fused-ring (bicyclic) bond motifs is 5. The Morgan fingerprint density at radius 3 is 1.50 bits per heavy atom. The molecule has 0 saturated carbocycles. The lowest BCUT2D eigenvalue weighted by Crippen LogP contribution is -2.12. The molecule has 0 bridgehead atoms. The minimum atomic E-state index is 0.913. The quantitative estimate of drug-likeness (QED) is 0.153. The molecule has 0 amide bonds. The van der Waals surface area contributed by atoms with Crippen molar-refractivity contribution >= 4 is 49.8 Å². The van der Waals surface area contributed by atoms with E-state index in [4.69, 9.17) is 4.42 Å². The highest BCUT2D eigenvalue weighted by Crippen LogP contribution is 2.47. The number of para-hydroxylation sites is 2. The van der Waals surface area contributed by atoms with Gasteiger partial charge in [0, 0.05) is 27.6 Å². The Labute approximate surface area is 349 Å². The number of rotatable bonds is 8. The van der Waals surface area contributed by atoms with Gasteiger partial charge >= 0.3 is 0 Å². The van der Waals surface area contributed by atoms with Gasteiger partial charge in [-0.15, -0.1) is 0 Å². The van der Waals surface area contributed by atoms with Crippen LogP contribution in [0, 0.1) is 0 Å². The van der Waals surface area contributed by atoms with Crippen molar-refractivity contribution in [3.63, 3.8) is 0 Å². The highest BCUT2D eigenvalue weighted by atomic mass is 16.3. The van der Waals surface area contributed by atoms with Crippen LogP contribution in [0.4, 0.5) is 17.1 Å². The predicted molar refractivity (Wildman–Crippen MR) is 253 cm³/mol. The molecule has 2 heteroatoms. The Morgan fingerprint density at radius 1 is 0.283 bits per heavy atom. The molecule has 0 unspecified atom stereocenters. The zero-order valence-corrected chi connectivity index (χ0v) is 32.9. The molecule has 11 aromatic rings. The number of anilines is 3. The lowest BCUT2D eigenvalue weighted by Gasteiger charge is -2.30. The third-order valence-corrected chi connectivity index (χ3v) is 11.7. The standard InChI is InChI=1S/C58H39NO/c1-4-14-40(15-5-1)42-24-26-45(27-25-42)50-20-10-12-22-54(50)59(49-33-28-43(29-34-49)41-16-6-2-7-17-41)55-36-31-47(39-53(55)44-18-8-3-9-19-44)46-30-35-51-48(38-46)32-37-57-58(51)52-21-11-13-23-56(52)60-57/h1-39H. The van der Waals surface area contributed by atoms with Gasteiger partial charge in [0.05, 0.1) is 11.4 Å². The second-order valence-electron chi connectivity index (χ2n) is 15.3. The van der Waals surface area contributed by atoms with Crippen molar-refractivity contribution in [2.24, 2.45) is 0 Å². The van der Waals surface area contributed by atoms with Gasteiger partial charge in [-0.3, -0.25) is 0 Å². The van der Waals surface area contributed by atoms with Crippen LogP contribution in [0.25, 0.3) is 88.3 Å². The lowest BCUT2D eigenvalue weighted by molar-refractivity contribution is 0.669. The van der Waals surface area contributed by atoms with Gasteiger partial charge in [-0.05, 0) is 104 Å². The molecule has 0 atom stereocenters. The SMILES string of the molecule is c1ccc(-c2ccc(-c3ccccc3N(c3ccc(-c4ccccc4)cc3)c3ccc(-c4ccc5c(ccc6oc7ccccc7c65)c4)cc3-c3ccccc3)cc2)cc1. The minimum Gasteiger partial charge on any atom is -0.456 e. The first-order valence-electron chi connectivity index (χ1n) is 20.5. The summed E-state index contributed by atoms with van der Waals surface area (Å²) in [5.74, 6) is 0. The lowest BCUT2D eigenvalue weighted by atomic mass is 9.93. The molecule has 282 valence electrons. The molecular weight excluding hydrogens is 727 g/mol. The number of furan rings is 1. The maximum Gasteiger partial charge on any atom is 0.136 e. The van der Waals surface area contributed by atoms with Gasteiger partial charge in [0.2, 0.25) is 0 Å². The highest BCUT2D eigenvalue weighted by molar-refractivity contribution is 6.19. The van der Waals surface area contributed by atoms with E-state index in [0.29, 0.717) is 0 Å². The molecule has 60 heavy (non-hydrogen) atoms. The monoisotopic (exact) mass is 765 g/mol. The molecule has 0 spiro atoms. The Balaban J connectivity index is 1.08. The third kappa shape index (κ3) is 6.41. The van der Waals surface area contributed by atoms with Crippen LogP contribution in [-0.4, -0.2) is 0 Å². The Bertz CT molecular complexity index is 3280. The van der Waals surface area contributed by atoms with Gasteiger partial charge in [0.15, 0.2) is 0 Å². The molecule has 0 aliphatic heterocycles. The van der Waals surface area contributed by atoms with E-state index >= 15 is 0 Å². The van der Waals surface area contributed by atoms with E-state index in [1.54, 1.807) is 0 Å². The van der Waals surface area contributed by atoms with Crippen LogP contribution in [0.3, 0.4) is 0 Å². The molecule has 0 radical (unpaired) electrons. The van der Waals surface area contributed by atoms with Crippen LogP contribution < -0.4 is 4.90 Å². The van der Waals surface area contributed by atoms with Gasteiger partial charge in [-0.1, -0.05) is 188 Å². The van der Waals surface area contributed by atoms with Crippen molar-refractivity contribution in [2.75, 3.05) is 4.90 Å². The fourth-order valence-corrected chi connectivity index (χ4v) is 8.72.